The van der Waals surface area contributed by atoms with E-state index in [1.54, 1.807) is 19.1 Å². The van der Waals surface area contributed by atoms with Crippen LogP contribution in [-0.4, -0.2) is 32.5 Å². The van der Waals surface area contributed by atoms with E-state index in [0.717, 1.165) is 18.2 Å². The molecule has 1 heterocycles. The SMILES string of the molecule is Cc1ccc(N2CCCS2(=O)=O)cc1NC(=O)C(=O)Nc1ccc(F)c(F)c1. The van der Waals surface area contributed by atoms with Crippen molar-refractivity contribution >= 4 is 38.9 Å². The fourth-order valence-corrected chi connectivity index (χ4v) is 4.33. The molecule has 2 aromatic carbocycles. The summed E-state index contributed by atoms with van der Waals surface area (Å²) in [6.07, 6.45) is 0.508. The first-order chi connectivity index (χ1) is 13.2. The minimum absolute atomic E-state index is 0.0548. The normalized spacial score (nSPS) is 15.3. The molecule has 1 saturated heterocycles. The van der Waals surface area contributed by atoms with E-state index in [1.807, 2.05) is 0 Å². The Balaban J connectivity index is 1.75. The molecule has 0 atom stereocenters. The van der Waals surface area contributed by atoms with Crippen LogP contribution < -0.4 is 14.9 Å². The number of carbonyl (C=O) groups is 2. The number of nitrogens with zero attached hydrogens (tertiary/aromatic N) is 1. The molecule has 0 saturated carbocycles. The Morgan fingerprint density at radius 3 is 2.36 bits per heavy atom. The smallest absolute Gasteiger partial charge is 0.314 e. The van der Waals surface area contributed by atoms with Gasteiger partial charge in [-0.15, -0.1) is 0 Å². The van der Waals surface area contributed by atoms with Crippen molar-refractivity contribution in [1.82, 2.24) is 0 Å². The van der Waals surface area contributed by atoms with Gasteiger partial charge in [-0.05, 0) is 43.2 Å². The number of rotatable bonds is 3. The van der Waals surface area contributed by atoms with Gasteiger partial charge in [-0.25, -0.2) is 17.2 Å². The highest BCUT2D eigenvalue weighted by molar-refractivity contribution is 7.93. The summed E-state index contributed by atoms with van der Waals surface area (Å²) in [5.41, 5.74) is 1.20. The minimum atomic E-state index is -3.39. The Hall–Kier alpha value is -3.01. The van der Waals surface area contributed by atoms with Crippen molar-refractivity contribution < 1.29 is 26.8 Å². The number of carbonyl (C=O) groups excluding carboxylic acids is 2. The van der Waals surface area contributed by atoms with Crippen LogP contribution in [0.5, 0.6) is 0 Å². The Bertz CT molecular complexity index is 1060. The third-order valence-corrected chi connectivity index (χ3v) is 6.11. The monoisotopic (exact) mass is 409 g/mol. The molecule has 0 aliphatic carbocycles. The van der Waals surface area contributed by atoms with Crippen LogP contribution in [0.15, 0.2) is 36.4 Å². The summed E-state index contributed by atoms with van der Waals surface area (Å²) in [4.78, 5) is 24.2. The molecule has 10 heteroatoms. The zero-order valence-corrected chi connectivity index (χ0v) is 15.6. The molecule has 1 aliphatic rings. The maximum atomic E-state index is 13.2. The van der Waals surface area contributed by atoms with E-state index < -0.39 is 33.5 Å². The average molecular weight is 409 g/mol. The van der Waals surface area contributed by atoms with Crippen molar-refractivity contribution in [3.63, 3.8) is 0 Å². The van der Waals surface area contributed by atoms with Crippen LogP contribution >= 0.6 is 0 Å². The summed E-state index contributed by atoms with van der Waals surface area (Å²) >= 11 is 0. The van der Waals surface area contributed by atoms with Gasteiger partial charge >= 0.3 is 11.8 Å². The van der Waals surface area contributed by atoms with Crippen LogP contribution in [0, 0.1) is 18.6 Å². The second kappa shape index (κ2) is 7.55. The highest BCUT2D eigenvalue weighted by Gasteiger charge is 2.29. The second-order valence-electron chi connectivity index (χ2n) is 6.28. The average Bonchev–Trinajstić information content (AvgIpc) is 2.99. The fraction of sp³-hybridized carbons (Fsp3) is 0.222. The van der Waals surface area contributed by atoms with Crippen LogP contribution in [0.25, 0.3) is 0 Å². The summed E-state index contributed by atoms with van der Waals surface area (Å²) in [5.74, 6) is -4.29. The molecule has 3 rings (SSSR count). The zero-order chi connectivity index (χ0) is 20.5. The van der Waals surface area contributed by atoms with Gasteiger partial charge in [0.2, 0.25) is 10.0 Å². The molecule has 7 nitrogen and oxygen atoms in total. The van der Waals surface area contributed by atoms with E-state index in [1.165, 1.54) is 10.4 Å². The molecule has 0 unspecified atom stereocenters. The Morgan fingerprint density at radius 1 is 1.00 bits per heavy atom. The predicted octanol–water partition coefficient (Wildman–Crippen LogP) is 2.39. The maximum Gasteiger partial charge on any atom is 0.314 e. The van der Waals surface area contributed by atoms with E-state index in [0.29, 0.717) is 24.2 Å². The number of hydrogen-bond donors (Lipinski definition) is 2. The van der Waals surface area contributed by atoms with Gasteiger partial charge in [0.05, 0.1) is 11.4 Å². The number of halogens is 2. The van der Waals surface area contributed by atoms with Crippen molar-refractivity contribution in [2.24, 2.45) is 0 Å². The summed E-state index contributed by atoms with van der Waals surface area (Å²) in [5, 5.41) is 4.58. The van der Waals surface area contributed by atoms with E-state index in [9.17, 15) is 26.8 Å². The van der Waals surface area contributed by atoms with Gasteiger partial charge in [-0.1, -0.05) is 6.07 Å². The molecule has 1 aliphatic heterocycles. The second-order valence-corrected chi connectivity index (χ2v) is 8.29. The Morgan fingerprint density at radius 2 is 1.71 bits per heavy atom. The largest absolute Gasteiger partial charge is 0.318 e. The van der Waals surface area contributed by atoms with Crippen LogP contribution in [0.4, 0.5) is 25.8 Å². The molecule has 148 valence electrons. The lowest BCUT2D eigenvalue weighted by molar-refractivity contribution is -0.133. The molecule has 0 radical (unpaired) electrons. The Kier molecular flexibility index (Phi) is 5.32. The van der Waals surface area contributed by atoms with E-state index in [-0.39, 0.29) is 17.1 Å². The standard InChI is InChI=1S/C18H17F2N3O4S/c1-11-3-5-13(23-7-2-8-28(23,26)27)10-16(11)22-18(25)17(24)21-12-4-6-14(19)15(20)9-12/h3-6,9-10H,2,7-8H2,1H3,(H,21,24)(H,22,25). The first-order valence-electron chi connectivity index (χ1n) is 8.36. The summed E-state index contributed by atoms with van der Waals surface area (Å²) in [7, 11) is -3.39. The lowest BCUT2D eigenvalue weighted by Gasteiger charge is -2.19. The van der Waals surface area contributed by atoms with Crippen molar-refractivity contribution in [3.05, 3.63) is 53.6 Å². The summed E-state index contributed by atoms with van der Waals surface area (Å²) in [6, 6.07) is 7.42. The van der Waals surface area contributed by atoms with E-state index >= 15 is 0 Å². The lowest BCUT2D eigenvalue weighted by Crippen LogP contribution is -2.30. The first kappa shape index (κ1) is 19.7. The van der Waals surface area contributed by atoms with Crippen LogP contribution in [0.3, 0.4) is 0 Å². The molecule has 2 amide bonds. The van der Waals surface area contributed by atoms with Crippen molar-refractivity contribution in [2.75, 3.05) is 27.2 Å². The van der Waals surface area contributed by atoms with Crippen molar-refractivity contribution in [3.8, 4) is 0 Å². The van der Waals surface area contributed by atoms with E-state index in [4.69, 9.17) is 0 Å². The molecule has 0 spiro atoms. The van der Waals surface area contributed by atoms with Gasteiger partial charge in [0.15, 0.2) is 11.6 Å². The van der Waals surface area contributed by atoms with Gasteiger partial charge < -0.3 is 10.6 Å². The highest BCUT2D eigenvalue weighted by atomic mass is 32.2. The number of nitrogens with one attached hydrogen (secondary N) is 2. The highest BCUT2D eigenvalue weighted by Crippen LogP contribution is 2.28. The topological polar surface area (TPSA) is 95.6 Å². The molecule has 28 heavy (non-hydrogen) atoms. The van der Waals surface area contributed by atoms with Gasteiger partial charge in [0, 0.05) is 24.0 Å². The fourth-order valence-electron chi connectivity index (χ4n) is 2.77. The summed E-state index contributed by atoms with van der Waals surface area (Å²) in [6.45, 7) is 2.03. The molecule has 2 N–H and O–H groups in total. The number of sulfonamides is 1. The predicted molar refractivity (Wildman–Crippen MR) is 101 cm³/mol. The molecule has 0 aromatic heterocycles. The number of benzene rings is 2. The van der Waals surface area contributed by atoms with Crippen LogP contribution in [-0.2, 0) is 19.6 Å². The van der Waals surface area contributed by atoms with Crippen molar-refractivity contribution in [1.29, 1.82) is 0 Å². The Labute approximate surface area is 160 Å². The third-order valence-electron chi connectivity index (χ3n) is 4.24. The number of amides is 2. The van der Waals surface area contributed by atoms with Crippen LogP contribution in [0.2, 0.25) is 0 Å². The number of anilines is 3. The third kappa shape index (κ3) is 4.11. The molecule has 2 aromatic rings. The maximum absolute atomic E-state index is 13.2. The molecular formula is C18H17F2N3O4S. The van der Waals surface area contributed by atoms with Crippen LogP contribution in [0.1, 0.15) is 12.0 Å². The molecular weight excluding hydrogens is 392 g/mol. The van der Waals surface area contributed by atoms with Gasteiger partial charge in [-0.2, -0.15) is 0 Å². The van der Waals surface area contributed by atoms with Gasteiger partial charge in [-0.3, -0.25) is 13.9 Å². The van der Waals surface area contributed by atoms with Gasteiger partial charge in [0.25, 0.3) is 0 Å². The molecule has 1 fully saturated rings. The zero-order valence-electron chi connectivity index (χ0n) is 14.8. The molecule has 0 bridgehead atoms. The number of hydrogen-bond acceptors (Lipinski definition) is 4. The summed E-state index contributed by atoms with van der Waals surface area (Å²) < 4.78 is 51.5. The lowest BCUT2D eigenvalue weighted by atomic mass is 10.1. The number of aryl methyl sites for hydroxylation is 1. The van der Waals surface area contributed by atoms with Crippen molar-refractivity contribution in [2.45, 2.75) is 13.3 Å². The van der Waals surface area contributed by atoms with Gasteiger partial charge in [0.1, 0.15) is 0 Å². The van der Waals surface area contributed by atoms with E-state index in [2.05, 4.69) is 10.6 Å². The minimum Gasteiger partial charge on any atom is -0.318 e. The first-order valence-corrected chi connectivity index (χ1v) is 9.97. The quantitative estimate of drug-likeness (QED) is 0.761.